The van der Waals surface area contributed by atoms with Gasteiger partial charge in [0, 0.05) is 28.6 Å². The zero-order chi connectivity index (χ0) is 20.7. The molecule has 152 valence electrons. The average molecular weight is 410 g/mol. The number of nitrogens with two attached hydrogens (primary N) is 1. The van der Waals surface area contributed by atoms with Crippen LogP contribution in [0.2, 0.25) is 5.02 Å². The van der Waals surface area contributed by atoms with Gasteiger partial charge in [-0.2, -0.15) is 5.10 Å². The summed E-state index contributed by atoms with van der Waals surface area (Å²) in [5.74, 6) is 0. The molecule has 0 unspecified atom stereocenters. The highest BCUT2D eigenvalue weighted by Crippen LogP contribution is 2.39. The fraction of sp³-hybridized carbons (Fsp3) is 0.333. The van der Waals surface area contributed by atoms with Gasteiger partial charge >= 0.3 is 0 Å². The highest BCUT2D eigenvalue weighted by atomic mass is 35.5. The molecule has 3 N–H and O–H groups in total. The van der Waals surface area contributed by atoms with Crippen molar-refractivity contribution in [2.24, 2.45) is 5.73 Å². The molecular formula is C24H28ClN3O. The van der Waals surface area contributed by atoms with Gasteiger partial charge in [-0.05, 0) is 43.5 Å². The Hall–Kier alpha value is -2.43. The van der Waals surface area contributed by atoms with Crippen molar-refractivity contribution in [2.75, 3.05) is 6.54 Å². The zero-order valence-corrected chi connectivity index (χ0v) is 17.6. The van der Waals surface area contributed by atoms with Crippen LogP contribution in [-0.2, 0) is 5.41 Å². The zero-order valence-electron chi connectivity index (χ0n) is 16.8. The molecule has 0 saturated heterocycles. The van der Waals surface area contributed by atoms with Crippen molar-refractivity contribution in [3.8, 4) is 11.3 Å². The van der Waals surface area contributed by atoms with E-state index in [0.29, 0.717) is 0 Å². The first kappa shape index (κ1) is 21.3. The van der Waals surface area contributed by atoms with Crippen LogP contribution >= 0.6 is 11.6 Å². The van der Waals surface area contributed by atoms with Crippen LogP contribution in [0.3, 0.4) is 0 Å². The quantitative estimate of drug-likeness (QED) is 0.620. The van der Waals surface area contributed by atoms with Crippen LogP contribution in [0.5, 0.6) is 0 Å². The number of aromatic nitrogens is 2. The molecule has 0 aliphatic heterocycles. The number of aromatic amines is 1. The van der Waals surface area contributed by atoms with Crippen molar-refractivity contribution in [3.05, 3.63) is 87.2 Å². The summed E-state index contributed by atoms with van der Waals surface area (Å²) in [4.78, 5) is 10.8. The lowest BCUT2D eigenvalue weighted by Crippen LogP contribution is -2.37. The molecule has 0 radical (unpaired) electrons. The van der Waals surface area contributed by atoms with Crippen molar-refractivity contribution >= 4 is 11.6 Å². The highest BCUT2D eigenvalue weighted by Gasteiger charge is 2.32. The highest BCUT2D eigenvalue weighted by molar-refractivity contribution is 6.30. The van der Waals surface area contributed by atoms with E-state index in [2.05, 4.69) is 22.3 Å². The second-order valence-electron chi connectivity index (χ2n) is 7.73. The third-order valence-electron chi connectivity index (χ3n) is 5.66. The van der Waals surface area contributed by atoms with Crippen LogP contribution in [0, 0.1) is 6.92 Å². The van der Waals surface area contributed by atoms with Gasteiger partial charge in [0.2, 0.25) is 0 Å². The van der Waals surface area contributed by atoms with E-state index in [9.17, 15) is 4.79 Å². The number of benzene rings is 2. The van der Waals surface area contributed by atoms with Crippen molar-refractivity contribution in [3.63, 3.8) is 0 Å². The minimum Gasteiger partial charge on any atom is -0.330 e. The van der Waals surface area contributed by atoms with E-state index >= 15 is 0 Å². The monoisotopic (exact) mass is 409 g/mol. The van der Waals surface area contributed by atoms with E-state index < -0.39 is 0 Å². The molecule has 1 aromatic heterocycles. The molecular weight excluding hydrogens is 382 g/mol. The third-order valence-corrected chi connectivity index (χ3v) is 5.90. The van der Waals surface area contributed by atoms with Gasteiger partial charge in [-0.25, -0.2) is 5.10 Å². The maximum absolute atomic E-state index is 10.8. The Bertz CT molecular complexity index is 955. The van der Waals surface area contributed by atoms with Gasteiger partial charge in [0.15, 0.2) is 0 Å². The molecule has 0 amide bonds. The number of hydrogen-bond donors (Lipinski definition) is 2. The molecule has 4 nitrogen and oxygen atoms in total. The van der Waals surface area contributed by atoms with Crippen molar-refractivity contribution in [1.29, 1.82) is 0 Å². The fourth-order valence-corrected chi connectivity index (χ4v) is 4.08. The largest absolute Gasteiger partial charge is 0.330 e. The van der Waals surface area contributed by atoms with Crippen LogP contribution in [0.1, 0.15) is 43.2 Å². The number of halogens is 1. The number of hydrogen-bond acceptors (Lipinski definition) is 3. The molecule has 4 rings (SSSR count). The number of aryl methyl sites for hydroxylation is 1. The van der Waals surface area contributed by atoms with E-state index in [4.69, 9.17) is 17.3 Å². The average Bonchev–Trinajstić information content (AvgIpc) is 2.76. The van der Waals surface area contributed by atoms with E-state index in [0.717, 1.165) is 22.8 Å². The van der Waals surface area contributed by atoms with Crippen molar-refractivity contribution in [1.82, 2.24) is 10.2 Å². The third kappa shape index (κ3) is 5.55. The first-order valence-electron chi connectivity index (χ1n) is 10.1. The summed E-state index contributed by atoms with van der Waals surface area (Å²) in [6.07, 6.45) is 6.36. The summed E-state index contributed by atoms with van der Waals surface area (Å²) in [6.45, 7) is 2.78. The van der Waals surface area contributed by atoms with E-state index in [1.165, 1.54) is 49.3 Å². The van der Waals surface area contributed by atoms with E-state index in [1.807, 2.05) is 43.3 Å². The summed E-state index contributed by atoms with van der Waals surface area (Å²) in [6, 6.07) is 19.4. The van der Waals surface area contributed by atoms with Crippen LogP contribution in [0.15, 0.2) is 65.5 Å². The maximum Gasteiger partial charge on any atom is 0.264 e. The van der Waals surface area contributed by atoms with Gasteiger partial charge < -0.3 is 5.73 Å². The molecule has 0 spiro atoms. The van der Waals surface area contributed by atoms with Gasteiger partial charge in [0.25, 0.3) is 5.56 Å². The Kier molecular flexibility index (Phi) is 7.24. The minimum atomic E-state index is -0.180. The molecule has 1 aliphatic rings. The van der Waals surface area contributed by atoms with Crippen LogP contribution in [-0.4, -0.2) is 16.7 Å². The number of nitrogens with one attached hydrogen (secondary N) is 1. The Morgan fingerprint density at radius 1 is 1.03 bits per heavy atom. The lowest BCUT2D eigenvalue weighted by Gasteiger charge is -2.36. The van der Waals surface area contributed by atoms with Crippen LogP contribution in [0.25, 0.3) is 11.3 Å². The number of nitrogens with zero attached hydrogens (tertiary/aromatic N) is 1. The summed E-state index contributed by atoms with van der Waals surface area (Å²) in [5, 5.41) is 7.17. The van der Waals surface area contributed by atoms with Gasteiger partial charge in [-0.1, -0.05) is 72.8 Å². The summed E-state index contributed by atoms with van der Waals surface area (Å²) in [5.41, 5.74) is 10.3. The van der Waals surface area contributed by atoms with Gasteiger partial charge in [-0.3, -0.25) is 4.79 Å². The predicted molar refractivity (Wildman–Crippen MR) is 120 cm³/mol. The maximum atomic E-state index is 10.8. The Morgan fingerprint density at radius 3 is 2.34 bits per heavy atom. The molecule has 2 aromatic carbocycles. The molecule has 1 heterocycles. The van der Waals surface area contributed by atoms with Crippen molar-refractivity contribution < 1.29 is 0 Å². The van der Waals surface area contributed by atoms with E-state index in [1.54, 1.807) is 6.07 Å². The normalized spacial score (nSPS) is 15.3. The number of H-pyrrole nitrogens is 1. The molecule has 1 aliphatic carbocycles. The first-order chi connectivity index (χ1) is 14.0. The topological polar surface area (TPSA) is 71.8 Å². The fourth-order valence-electron chi connectivity index (χ4n) is 3.89. The molecule has 0 atom stereocenters. The minimum absolute atomic E-state index is 0.180. The lowest BCUT2D eigenvalue weighted by atomic mass is 9.69. The lowest BCUT2D eigenvalue weighted by molar-refractivity contribution is 0.301. The first-order valence-corrected chi connectivity index (χ1v) is 10.5. The van der Waals surface area contributed by atoms with Gasteiger partial charge in [-0.15, -0.1) is 0 Å². The Labute approximate surface area is 177 Å². The Balaban J connectivity index is 0.000000166. The van der Waals surface area contributed by atoms with Gasteiger partial charge in [0.05, 0.1) is 5.69 Å². The Morgan fingerprint density at radius 2 is 1.76 bits per heavy atom. The SMILES string of the molecule is Cc1ccc(-c2ccc(=O)[nH]n2)cc1.NCC1(c2cccc(Cl)c2)CCCCC1. The van der Waals surface area contributed by atoms with E-state index in [-0.39, 0.29) is 11.0 Å². The van der Waals surface area contributed by atoms with Crippen LogP contribution < -0.4 is 11.3 Å². The summed E-state index contributed by atoms with van der Waals surface area (Å²) in [7, 11) is 0. The standard InChI is InChI=1S/C13H18ClN.C11H10N2O/c14-12-6-4-5-11(9-12)13(10-15)7-2-1-3-8-13;1-8-2-4-9(5-3-8)10-6-7-11(14)13-12-10/h4-6,9H,1-3,7-8,10,15H2;2-7H,1H3,(H,13,14). The molecule has 1 fully saturated rings. The molecule has 3 aromatic rings. The number of rotatable bonds is 3. The van der Waals surface area contributed by atoms with Gasteiger partial charge in [0.1, 0.15) is 0 Å². The second kappa shape index (κ2) is 9.86. The smallest absolute Gasteiger partial charge is 0.264 e. The predicted octanol–water partition coefficient (Wildman–Crippen LogP) is 5.25. The molecule has 5 heteroatoms. The molecule has 1 saturated carbocycles. The molecule has 29 heavy (non-hydrogen) atoms. The summed E-state index contributed by atoms with van der Waals surface area (Å²) >= 11 is 6.04. The summed E-state index contributed by atoms with van der Waals surface area (Å²) < 4.78 is 0. The van der Waals surface area contributed by atoms with Crippen LogP contribution in [0.4, 0.5) is 0 Å². The second-order valence-corrected chi connectivity index (χ2v) is 8.16. The van der Waals surface area contributed by atoms with Crippen molar-refractivity contribution in [2.45, 2.75) is 44.4 Å². The molecule has 0 bridgehead atoms.